The van der Waals surface area contributed by atoms with Crippen LogP contribution in [0.2, 0.25) is 0 Å². The molecule has 2 fully saturated rings. The van der Waals surface area contributed by atoms with Gasteiger partial charge in [-0.3, -0.25) is 14.4 Å². The maximum Gasteiger partial charge on any atom is 0.303 e. The first kappa shape index (κ1) is 26.2. The molecular formula is C30H37N3O5. The maximum absolute atomic E-state index is 13.0. The van der Waals surface area contributed by atoms with E-state index in [2.05, 4.69) is 29.2 Å². The molecule has 2 aliphatic heterocycles. The fourth-order valence-electron chi connectivity index (χ4n) is 5.73. The van der Waals surface area contributed by atoms with E-state index >= 15 is 0 Å². The van der Waals surface area contributed by atoms with Gasteiger partial charge in [0, 0.05) is 24.1 Å². The number of aliphatic carboxylic acids is 1. The molecule has 1 unspecified atom stereocenters. The number of nitrogens with two attached hydrogens (primary N) is 1. The number of carbonyl (C=O) groups is 3. The zero-order valence-electron chi connectivity index (χ0n) is 21.8. The molecule has 2 heterocycles. The maximum atomic E-state index is 13.0. The van der Waals surface area contributed by atoms with Crippen molar-refractivity contribution < 1.29 is 24.2 Å². The van der Waals surface area contributed by atoms with Gasteiger partial charge in [0.1, 0.15) is 18.4 Å². The Morgan fingerprint density at radius 2 is 1.71 bits per heavy atom. The van der Waals surface area contributed by atoms with Gasteiger partial charge >= 0.3 is 5.97 Å². The Labute approximate surface area is 223 Å². The molecule has 3 N–H and O–H groups in total. The summed E-state index contributed by atoms with van der Waals surface area (Å²) < 4.78 is 6.11. The number of carboxylic acids is 1. The molecule has 1 saturated carbocycles. The fourth-order valence-corrected chi connectivity index (χ4v) is 5.73. The highest BCUT2D eigenvalue weighted by Gasteiger charge is 2.37. The Morgan fingerprint density at radius 1 is 1.00 bits per heavy atom. The van der Waals surface area contributed by atoms with Gasteiger partial charge in [-0.05, 0) is 86.7 Å². The van der Waals surface area contributed by atoms with Gasteiger partial charge in [0.25, 0.3) is 5.91 Å². The molecule has 0 radical (unpaired) electrons. The predicted molar refractivity (Wildman–Crippen MR) is 143 cm³/mol. The van der Waals surface area contributed by atoms with Crippen molar-refractivity contribution in [2.24, 2.45) is 17.6 Å². The number of nitrogens with zero attached hydrogens (tertiary/aromatic N) is 2. The summed E-state index contributed by atoms with van der Waals surface area (Å²) in [5.74, 6) is 0.223. The monoisotopic (exact) mass is 519 g/mol. The number of likely N-dealkylation sites (tertiary alicyclic amines) is 1. The number of ether oxygens (including phenoxy) is 1. The third kappa shape index (κ3) is 6.35. The number of benzene rings is 2. The van der Waals surface area contributed by atoms with E-state index in [1.807, 2.05) is 6.07 Å². The number of piperidine rings is 1. The standard InChI is InChI=1S/C30H37N3O5/c31-29(36)26(10-11-28(34)35)33-18-25-24(30(33)37)2-1-3-27(25)38-19-23-8-4-20(5-9-23)16-21-12-14-32(15-13-21)17-22-6-7-22/h1-5,8-9,21-22,26H,6-7,10-19H2,(H2,31,36)(H,34,35). The zero-order chi connectivity index (χ0) is 26.6. The van der Waals surface area contributed by atoms with E-state index in [9.17, 15) is 14.4 Å². The van der Waals surface area contributed by atoms with Crippen LogP contribution in [0.1, 0.15) is 65.6 Å². The van der Waals surface area contributed by atoms with Gasteiger partial charge in [0.2, 0.25) is 5.91 Å². The van der Waals surface area contributed by atoms with Gasteiger partial charge < -0.3 is 25.4 Å². The van der Waals surface area contributed by atoms with Crippen molar-refractivity contribution >= 4 is 17.8 Å². The lowest BCUT2D eigenvalue weighted by molar-refractivity contribution is -0.137. The highest BCUT2D eigenvalue weighted by molar-refractivity contribution is 6.01. The number of hydrogen-bond acceptors (Lipinski definition) is 5. The Morgan fingerprint density at radius 3 is 2.37 bits per heavy atom. The minimum Gasteiger partial charge on any atom is -0.489 e. The molecule has 1 saturated heterocycles. The first-order valence-electron chi connectivity index (χ1n) is 13.7. The van der Waals surface area contributed by atoms with Crippen LogP contribution >= 0.6 is 0 Å². The highest BCUT2D eigenvalue weighted by Crippen LogP contribution is 2.34. The molecule has 5 rings (SSSR count). The molecular weight excluding hydrogens is 482 g/mol. The smallest absolute Gasteiger partial charge is 0.303 e. The minimum atomic E-state index is -1.04. The highest BCUT2D eigenvalue weighted by atomic mass is 16.5. The van der Waals surface area contributed by atoms with Gasteiger partial charge in [-0.1, -0.05) is 30.3 Å². The lowest BCUT2D eigenvalue weighted by Gasteiger charge is -2.32. The molecule has 0 spiro atoms. The predicted octanol–water partition coefficient (Wildman–Crippen LogP) is 3.60. The molecule has 2 aromatic rings. The summed E-state index contributed by atoms with van der Waals surface area (Å²) >= 11 is 0. The summed E-state index contributed by atoms with van der Waals surface area (Å²) in [6.07, 6.45) is 6.25. The van der Waals surface area contributed by atoms with Crippen LogP contribution in [0.4, 0.5) is 0 Å². The van der Waals surface area contributed by atoms with Gasteiger partial charge in [-0.2, -0.15) is 0 Å². The second kappa shape index (κ2) is 11.6. The van der Waals surface area contributed by atoms with E-state index in [0.29, 0.717) is 23.5 Å². The van der Waals surface area contributed by atoms with Crippen molar-refractivity contribution in [1.82, 2.24) is 9.80 Å². The normalized spacial score (nSPS) is 18.8. The van der Waals surface area contributed by atoms with E-state index < -0.39 is 17.9 Å². The van der Waals surface area contributed by atoms with Crippen LogP contribution in [0, 0.1) is 11.8 Å². The molecule has 202 valence electrons. The number of carboxylic acid groups (broad SMARTS) is 1. The van der Waals surface area contributed by atoms with E-state index in [0.717, 1.165) is 23.8 Å². The topological polar surface area (TPSA) is 113 Å². The summed E-state index contributed by atoms with van der Waals surface area (Å²) in [6.45, 7) is 4.29. The van der Waals surface area contributed by atoms with Crippen molar-refractivity contribution in [1.29, 1.82) is 0 Å². The van der Waals surface area contributed by atoms with Crippen molar-refractivity contribution in [2.45, 2.75) is 64.1 Å². The van der Waals surface area contributed by atoms with Gasteiger partial charge in [0.15, 0.2) is 0 Å². The van der Waals surface area contributed by atoms with Crippen LogP contribution in [0.25, 0.3) is 0 Å². The van der Waals surface area contributed by atoms with Crippen LogP contribution in [0.3, 0.4) is 0 Å². The van der Waals surface area contributed by atoms with Crippen LogP contribution < -0.4 is 10.5 Å². The van der Waals surface area contributed by atoms with Gasteiger partial charge in [-0.25, -0.2) is 0 Å². The number of amides is 2. The SMILES string of the molecule is NC(=O)C(CCC(=O)O)N1Cc2c(OCc3ccc(CC4CCN(CC5CC5)CC4)cc3)cccc2C1=O. The average Bonchev–Trinajstić information content (AvgIpc) is 3.66. The van der Waals surface area contributed by atoms with Crippen molar-refractivity contribution in [3.63, 3.8) is 0 Å². The number of primary amides is 1. The van der Waals surface area contributed by atoms with E-state index in [1.165, 1.54) is 55.8 Å². The number of carbonyl (C=O) groups excluding carboxylic acids is 2. The van der Waals surface area contributed by atoms with Gasteiger partial charge in [0.05, 0.1) is 6.54 Å². The molecule has 1 atom stereocenters. The second-order valence-corrected chi connectivity index (χ2v) is 11.1. The molecule has 0 aromatic heterocycles. The van der Waals surface area contributed by atoms with Crippen LogP contribution in [0.5, 0.6) is 5.75 Å². The van der Waals surface area contributed by atoms with Crippen LogP contribution in [-0.2, 0) is 29.2 Å². The van der Waals surface area contributed by atoms with Crippen molar-refractivity contribution in [3.8, 4) is 5.75 Å². The lowest BCUT2D eigenvalue weighted by atomic mass is 9.90. The summed E-state index contributed by atoms with van der Waals surface area (Å²) in [4.78, 5) is 40.0. The summed E-state index contributed by atoms with van der Waals surface area (Å²) in [7, 11) is 0. The molecule has 2 amide bonds. The Balaban J connectivity index is 1.15. The second-order valence-electron chi connectivity index (χ2n) is 11.1. The average molecular weight is 520 g/mol. The Kier molecular flexibility index (Phi) is 7.98. The minimum absolute atomic E-state index is 0.0213. The number of hydrogen-bond donors (Lipinski definition) is 2. The third-order valence-corrected chi connectivity index (χ3v) is 8.15. The first-order chi connectivity index (χ1) is 18.4. The van der Waals surface area contributed by atoms with Crippen LogP contribution in [-0.4, -0.2) is 58.4 Å². The third-order valence-electron chi connectivity index (χ3n) is 8.15. The van der Waals surface area contributed by atoms with Crippen molar-refractivity contribution in [3.05, 3.63) is 64.7 Å². The molecule has 0 bridgehead atoms. The summed E-state index contributed by atoms with van der Waals surface area (Å²) in [5.41, 5.74) is 9.07. The Bertz CT molecular complexity index is 1170. The molecule has 38 heavy (non-hydrogen) atoms. The summed E-state index contributed by atoms with van der Waals surface area (Å²) in [6, 6.07) is 12.9. The largest absolute Gasteiger partial charge is 0.489 e. The molecule has 3 aliphatic rings. The lowest BCUT2D eigenvalue weighted by Crippen LogP contribution is -2.45. The Hall–Kier alpha value is -3.39. The zero-order valence-corrected chi connectivity index (χ0v) is 21.8. The number of rotatable bonds is 12. The van der Waals surface area contributed by atoms with Crippen molar-refractivity contribution in [2.75, 3.05) is 19.6 Å². The molecule has 1 aliphatic carbocycles. The molecule has 8 nitrogen and oxygen atoms in total. The fraction of sp³-hybridized carbons (Fsp3) is 0.500. The van der Waals surface area contributed by atoms with E-state index in [1.54, 1.807) is 12.1 Å². The number of fused-ring (bicyclic) bond motifs is 1. The molecule has 2 aromatic carbocycles. The molecule has 8 heteroatoms. The summed E-state index contributed by atoms with van der Waals surface area (Å²) in [5, 5.41) is 9.01. The first-order valence-corrected chi connectivity index (χ1v) is 13.7. The van der Waals surface area contributed by atoms with E-state index in [4.69, 9.17) is 15.6 Å². The van der Waals surface area contributed by atoms with Gasteiger partial charge in [-0.15, -0.1) is 0 Å². The van der Waals surface area contributed by atoms with Crippen LogP contribution in [0.15, 0.2) is 42.5 Å². The van der Waals surface area contributed by atoms with E-state index in [-0.39, 0.29) is 25.3 Å². The quantitative estimate of drug-likeness (QED) is 0.443.